The molecule has 0 fully saturated rings. The predicted octanol–water partition coefficient (Wildman–Crippen LogP) is 6.34. The van der Waals surface area contributed by atoms with Crippen LogP contribution in [0.4, 0.5) is 0 Å². The summed E-state index contributed by atoms with van der Waals surface area (Å²) in [6.07, 6.45) is 1.93. The largest absolute Gasteiger partial charge is 0.235 e. The van der Waals surface area contributed by atoms with E-state index in [1.54, 1.807) is 0 Å². The number of nitriles is 1. The topological polar surface area (TPSA) is 36.7 Å². The molecule has 0 bridgehead atoms. The molecule has 0 aliphatic carbocycles. The summed E-state index contributed by atoms with van der Waals surface area (Å²) in [7, 11) is 0. The Labute approximate surface area is 156 Å². The molecule has 0 saturated heterocycles. The van der Waals surface area contributed by atoms with E-state index in [9.17, 15) is 5.26 Å². The van der Waals surface area contributed by atoms with Crippen LogP contribution in [-0.2, 0) is 0 Å². The zero-order valence-electron chi connectivity index (χ0n) is 14.3. The number of rotatable bonds is 3. The Bertz CT molecular complexity index is 1140. The lowest BCUT2D eigenvalue weighted by atomic mass is 10.0. The Balaban J connectivity index is 1.75. The molecule has 0 spiro atoms. The first kappa shape index (κ1) is 16.3. The van der Waals surface area contributed by atoms with E-state index in [0.717, 1.165) is 32.6 Å². The molecule has 0 N–H and O–H groups in total. The molecule has 0 unspecified atom stereocenters. The number of aryl methyl sites for hydroxylation is 1. The van der Waals surface area contributed by atoms with Crippen LogP contribution in [0.1, 0.15) is 16.1 Å². The van der Waals surface area contributed by atoms with Gasteiger partial charge in [0.25, 0.3) is 0 Å². The first-order valence-corrected chi connectivity index (χ1v) is 9.25. The van der Waals surface area contributed by atoms with Gasteiger partial charge in [0, 0.05) is 10.9 Å². The minimum absolute atomic E-state index is 0.588. The molecule has 3 heteroatoms. The maximum atomic E-state index is 9.68. The molecule has 4 rings (SSSR count). The monoisotopic (exact) mass is 352 g/mol. The standard InChI is InChI=1S/C23H16N2S/c1-16-9-11-18(12-10-16)22-15-26-23(25-22)20(14-24)13-19-7-4-6-17-5-2-3-8-21(17)19/h2-13,15H,1H3. The van der Waals surface area contributed by atoms with Gasteiger partial charge in [-0.1, -0.05) is 72.3 Å². The van der Waals surface area contributed by atoms with Crippen molar-refractivity contribution in [3.05, 3.63) is 88.2 Å². The number of thiazole rings is 1. The Morgan fingerprint density at radius 2 is 1.77 bits per heavy atom. The zero-order chi connectivity index (χ0) is 17.9. The second-order valence-corrected chi connectivity index (χ2v) is 7.00. The zero-order valence-corrected chi connectivity index (χ0v) is 15.1. The summed E-state index contributed by atoms with van der Waals surface area (Å²) in [6, 6.07) is 24.9. The molecule has 124 valence electrons. The van der Waals surface area contributed by atoms with E-state index < -0.39 is 0 Å². The van der Waals surface area contributed by atoms with E-state index >= 15 is 0 Å². The van der Waals surface area contributed by atoms with Crippen molar-refractivity contribution in [2.45, 2.75) is 6.92 Å². The van der Waals surface area contributed by atoms with Crippen LogP contribution in [0.2, 0.25) is 0 Å². The number of fused-ring (bicyclic) bond motifs is 1. The van der Waals surface area contributed by atoms with Crippen molar-refractivity contribution in [1.82, 2.24) is 4.98 Å². The van der Waals surface area contributed by atoms with Crippen LogP contribution in [0.15, 0.2) is 72.1 Å². The summed E-state index contributed by atoms with van der Waals surface area (Å²) in [5.41, 5.74) is 4.82. The first-order chi connectivity index (χ1) is 12.7. The van der Waals surface area contributed by atoms with E-state index in [4.69, 9.17) is 0 Å². The average molecular weight is 352 g/mol. The lowest BCUT2D eigenvalue weighted by molar-refractivity contribution is 1.36. The van der Waals surface area contributed by atoms with Gasteiger partial charge in [-0.3, -0.25) is 0 Å². The summed E-state index contributed by atoms with van der Waals surface area (Å²) in [4.78, 5) is 4.69. The second-order valence-electron chi connectivity index (χ2n) is 6.14. The van der Waals surface area contributed by atoms with Crippen LogP contribution in [0.25, 0.3) is 33.7 Å². The fraction of sp³-hybridized carbons (Fsp3) is 0.0435. The van der Waals surface area contributed by atoms with E-state index in [-0.39, 0.29) is 0 Å². The number of allylic oxidation sites excluding steroid dienone is 1. The molecule has 0 saturated carbocycles. The highest BCUT2D eigenvalue weighted by atomic mass is 32.1. The van der Waals surface area contributed by atoms with Crippen LogP contribution in [0.3, 0.4) is 0 Å². The molecule has 0 radical (unpaired) electrons. The van der Waals surface area contributed by atoms with Gasteiger partial charge in [-0.05, 0) is 29.3 Å². The van der Waals surface area contributed by atoms with Crippen molar-refractivity contribution < 1.29 is 0 Å². The number of nitrogens with zero attached hydrogens (tertiary/aromatic N) is 2. The molecule has 2 nitrogen and oxygen atoms in total. The highest BCUT2D eigenvalue weighted by Gasteiger charge is 2.10. The van der Waals surface area contributed by atoms with Crippen LogP contribution < -0.4 is 0 Å². The minimum Gasteiger partial charge on any atom is -0.235 e. The Kier molecular flexibility index (Phi) is 4.35. The molecule has 0 aliphatic heterocycles. The van der Waals surface area contributed by atoms with Crippen molar-refractivity contribution in [1.29, 1.82) is 5.26 Å². The van der Waals surface area contributed by atoms with Crippen molar-refractivity contribution in [3.63, 3.8) is 0 Å². The minimum atomic E-state index is 0.588. The van der Waals surface area contributed by atoms with Gasteiger partial charge in [-0.25, -0.2) is 4.98 Å². The van der Waals surface area contributed by atoms with E-state index in [1.807, 2.05) is 35.7 Å². The van der Waals surface area contributed by atoms with Gasteiger partial charge in [-0.2, -0.15) is 5.26 Å². The number of aromatic nitrogens is 1. The quantitative estimate of drug-likeness (QED) is 0.404. The highest BCUT2D eigenvalue weighted by molar-refractivity contribution is 7.11. The van der Waals surface area contributed by atoms with Gasteiger partial charge in [-0.15, -0.1) is 11.3 Å². The SMILES string of the molecule is Cc1ccc(-c2csc(C(C#N)=Cc3cccc4ccccc34)n2)cc1. The molecule has 0 amide bonds. The second kappa shape index (κ2) is 6.95. The molecular formula is C23H16N2S. The van der Waals surface area contributed by atoms with Gasteiger partial charge in [0.1, 0.15) is 11.1 Å². The van der Waals surface area contributed by atoms with E-state index in [0.29, 0.717) is 5.57 Å². The fourth-order valence-corrected chi connectivity index (χ4v) is 3.72. The van der Waals surface area contributed by atoms with Gasteiger partial charge in [0.15, 0.2) is 0 Å². The van der Waals surface area contributed by atoms with E-state index in [1.165, 1.54) is 16.9 Å². The summed E-state index contributed by atoms with van der Waals surface area (Å²) in [6.45, 7) is 2.07. The van der Waals surface area contributed by atoms with E-state index in [2.05, 4.69) is 60.4 Å². The molecule has 1 heterocycles. The maximum Gasteiger partial charge on any atom is 0.134 e. The third-order valence-electron chi connectivity index (χ3n) is 4.33. The smallest absolute Gasteiger partial charge is 0.134 e. The van der Waals surface area contributed by atoms with Crippen LogP contribution in [0, 0.1) is 18.3 Å². The average Bonchev–Trinajstić information content (AvgIpc) is 3.16. The summed E-state index contributed by atoms with van der Waals surface area (Å²) >= 11 is 1.50. The van der Waals surface area contributed by atoms with Crippen molar-refractivity contribution >= 4 is 33.8 Å². The van der Waals surface area contributed by atoms with Gasteiger partial charge in [0.05, 0.1) is 11.3 Å². The summed E-state index contributed by atoms with van der Waals surface area (Å²) in [5.74, 6) is 0. The summed E-state index contributed by atoms with van der Waals surface area (Å²) in [5, 5.41) is 14.7. The van der Waals surface area contributed by atoms with Crippen LogP contribution in [-0.4, -0.2) is 4.98 Å². The molecule has 26 heavy (non-hydrogen) atoms. The van der Waals surface area contributed by atoms with Gasteiger partial charge >= 0.3 is 0 Å². The van der Waals surface area contributed by atoms with Crippen LogP contribution >= 0.6 is 11.3 Å². The lowest BCUT2D eigenvalue weighted by Gasteiger charge is -2.02. The van der Waals surface area contributed by atoms with Gasteiger partial charge in [0.2, 0.25) is 0 Å². The van der Waals surface area contributed by atoms with Crippen molar-refractivity contribution in [3.8, 4) is 17.3 Å². The fourth-order valence-electron chi connectivity index (χ4n) is 2.93. The maximum absolute atomic E-state index is 9.68. The normalized spacial score (nSPS) is 11.5. The van der Waals surface area contributed by atoms with Crippen molar-refractivity contribution in [2.24, 2.45) is 0 Å². The number of benzene rings is 3. The molecule has 1 aromatic heterocycles. The molecular weight excluding hydrogens is 336 g/mol. The third kappa shape index (κ3) is 3.15. The lowest BCUT2D eigenvalue weighted by Crippen LogP contribution is -1.84. The predicted molar refractivity (Wildman–Crippen MR) is 110 cm³/mol. The Hall–Kier alpha value is -3.22. The summed E-state index contributed by atoms with van der Waals surface area (Å²) < 4.78 is 0. The number of hydrogen-bond acceptors (Lipinski definition) is 3. The van der Waals surface area contributed by atoms with Crippen molar-refractivity contribution in [2.75, 3.05) is 0 Å². The third-order valence-corrected chi connectivity index (χ3v) is 5.20. The molecule has 0 atom stereocenters. The Morgan fingerprint density at radius 3 is 2.58 bits per heavy atom. The number of hydrogen-bond donors (Lipinski definition) is 0. The molecule has 0 aliphatic rings. The van der Waals surface area contributed by atoms with Crippen LogP contribution in [0.5, 0.6) is 0 Å². The Morgan fingerprint density at radius 1 is 1.00 bits per heavy atom. The molecule has 4 aromatic rings. The first-order valence-electron chi connectivity index (χ1n) is 8.37. The highest BCUT2D eigenvalue weighted by Crippen LogP contribution is 2.29. The van der Waals surface area contributed by atoms with Gasteiger partial charge < -0.3 is 0 Å². The molecule has 3 aromatic carbocycles.